The summed E-state index contributed by atoms with van der Waals surface area (Å²) in [7, 11) is 1.74. The van der Waals surface area contributed by atoms with Gasteiger partial charge in [0, 0.05) is 66.1 Å². The van der Waals surface area contributed by atoms with Gasteiger partial charge in [-0.15, -0.1) is 0 Å². The molecule has 2 aliphatic heterocycles. The molecular weight excluding hydrogens is 332 g/mol. The number of nitrogens with one attached hydrogen (secondary N) is 1. The Labute approximate surface area is 159 Å². The van der Waals surface area contributed by atoms with E-state index in [2.05, 4.69) is 22.0 Å². The molecule has 7 nitrogen and oxygen atoms in total. The average Bonchev–Trinajstić information content (AvgIpc) is 2.69. The van der Waals surface area contributed by atoms with E-state index in [1.807, 2.05) is 0 Å². The van der Waals surface area contributed by atoms with Gasteiger partial charge in [0.15, 0.2) is 5.96 Å². The van der Waals surface area contributed by atoms with E-state index in [1.54, 1.807) is 7.11 Å². The molecule has 0 radical (unpaired) electrons. The van der Waals surface area contributed by atoms with Crippen molar-refractivity contribution in [2.45, 2.75) is 38.7 Å². The van der Waals surface area contributed by atoms with Crippen LogP contribution in [0, 0.1) is 0 Å². The first kappa shape index (κ1) is 21.4. The molecule has 2 aliphatic rings. The van der Waals surface area contributed by atoms with Crippen molar-refractivity contribution in [1.29, 1.82) is 0 Å². The van der Waals surface area contributed by atoms with E-state index in [-0.39, 0.29) is 0 Å². The number of methoxy groups -OCH3 is 1. The largest absolute Gasteiger partial charge is 0.385 e. The van der Waals surface area contributed by atoms with Crippen LogP contribution >= 0.6 is 0 Å². The van der Waals surface area contributed by atoms with Crippen molar-refractivity contribution in [3.05, 3.63) is 0 Å². The third-order valence-electron chi connectivity index (χ3n) is 4.92. The number of likely N-dealkylation sites (tertiary alicyclic amines) is 1. The number of nitrogens with zero attached hydrogens (tertiary/aromatic N) is 3. The molecule has 2 fully saturated rings. The van der Waals surface area contributed by atoms with Crippen LogP contribution in [0.15, 0.2) is 4.99 Å². The Bertz CT molecular complexity index is 381. The Morgan fingerprint density at radius 3 is 2.58 bits per heavy atom. The molecule has 0 saturated carbocycles. The van der Waals surface area contributed by atoms with Gasteiger partial charge in [-0.2, -0.15) is 0 Å². The van der Waals surface area contributed by atoms with E-state index in [0.29, 0.717) is 6.10 Å². The van der Waals surface area contributed by atoms with Gasteiger partial charge in [-0.3, -0.25) is 9.89 Å². The van der Waals surface area contributed by atoms with E-state index in [0.717, 1.165) is 104 Å². The first-order chi connectivity index (χ1) is 12.8. The van der Waals surface area contributed by atoms with Gasteiger partial charge in [0.2, 0.25) is 0 Å². The lowest BCUT2D eigenvalue weighted by Crippen LogP contribution is -2.47. The first-order valence-corrected chi connectivity index (χ1v) is 10.3. The Balaban J connectivity index is 1.66. The van der Waals surface area contributed by atoms with Crippen LogP contribution in [-0.2, 0) is 14.2 Å². The monoisotopic (exact) mass is 370 g/mol. The van der Waals surface area contributed by atoms with Crippen molar-refractivity contribution in [2.24, 2.45) is 4.99 Å². The third kappa shape index (κ3) is 8.20. The van der Waals surface area contributed by atoms with Crippen molar-refractivity contribution in [2.75, 3.05) is 79.4 Å². The van der Waals surface area contributed by atoms with E-state index in [9.17, 15) is 0 Å². The second-order valence-corrected chi connectivity index (χ2v) is 6.95. The second kappa shape index (κ2) is 13.3. The number of guanidine groups is 1. The topological polar surface area (TPSA) is 58.6 Å². The summed E-state index contributed by atoms with van der Waals surface area (Å²) in [5, 5.41) is 3.45. The van der Waals surface area contributed by atoms with Crippen LogP contribution in [0.4, 0.5) is 0 Å². The molecule has 2 saturated heterocycles. The number of hydrogen-bond acceptors (Lipinski definition) is 5. The van der Waals surface area contributed by atoms with Crippen LogP contribution in [0.3, 0.4) is 0 Å². The maximum Gasteiger partial charge on any atom is 0.193 e. The van der Waals surface area contributed by atoms with Crippen LogP contribution in [0.25, 0.3) is 0 Å². The van der Waals surface area contributed by atoms with Gasteiger partial charge in [-0.05, 0) is 32.6 Å². The lowest BCUT2D eigenvalue weighted by Gasteiger charge is -2.34. The molecule has 0 atom stereocenters. The zero-order valence-electron chi connectivity index (χ0n) is 16.8. The molecule has 26 heavy (non-hydrogen) atoms. The van der Waals surface area contributed by atoms with Gasteiger partial charge in [0.25, 0.3) is 0 Å². The van der Waals surface area contributed by atoms with Crippen molar-refractivity contribution in [3.63, 3.8) is 0 Å². The molecule has 7 heteroatoms. The van der Waals surface area contributed by atoms with E-state index >= 15 is 0 Å². The van der Waals surface area contributed by atoms with Gasteiger partial charge >= 0.3 is 0 Å². The zero-order chi connectivity index (χ0) is 18.5. The molecule has 152 valence electrons. The first-order valence-electron chi connectivity index (χ1n) is 10.3. The standard InChI is InChI=1S/C19H38N4O3/c1-3-20-19(21-8-4-9-22-12-16-25-17-13-22)23-10-6-18(7-11-23)26-15-5-14-24-2/h18H,3-17H2,1-2H3,(H,20,21). The number of hydrogen-bond donors (Lipinski definition) is 1. The number of morpholine rings is 1. The fourth-order valence-electron chi connectivity index (χ4n) is 3.42. The molecule has 2 heterocycles. The van der Waals surface area contributed by atoms with Crippen LogP contribution < -0.4 is 5.32 Å². The fourth-order valence-corrected chi connectivity index (χ4v) is 3.42. The summed E-state index contributed by atoms with van der Waals surface area (Å²) in [5.74, 6) is 1.06. The molecular formula is C19H38N4O3. The summed E-state index contributed by atoms with van der Waals surface area (Å²) in [5.41, 5.74) is 0. The minimum absolute atomic E-state index is 0.382. The molecule has 0 spiro atoms. The highest BCUT2D eigenvalue weighted by Crippen LogP contribution is 2.14. The number of piperidine rings is 1. The van der Waals surface area contributed by atoms with E-state index in [4.69, 9.17) is 19.2 Å². The lowest BCUT2D eigenvalue weighted by atomic mass is 10.1. The van der Waals surface area contributed by atoms with Gasteiger partial charge in [0.1, 0.15) is 0 Å². The van der Waals surface area contributed by atoms with Crippen molar-refractivity contribution < 1.29 is 14.2 Å². The fraction of sp³-hybridized carbons (Fsp3) is 0.947. The maximum absolute atomic E-state index is 5.96. The van der Waals surface area contributed by atoms with Crippen LogP contribution in [0.2, 0.25) is 0 Å². The molecule has 1 N–H and O–H groups in total. The van der Waals surface area contributed by atoms with E-state index in [1.165, 1.54) is 0 Å². The van der Waals surface area contributed by atoms with Crippen LogP contribution in [0.1, 0.15) is 32.6 Å². The smallest absolute Gasteiger partial charge is 0.193 e. The summed E-state index contributed by atoms with van der Waals surface area (Å²) >= 11 is 0. The average molecular weight is 371 g/mol. The van der Waals surface area contributed by atoms with Gasteiger partial charge in [-0.25, -0.2) is 0 Å². The van der Waals surface area contributed by atoms with Crippen molar-refractivity contribution >= 4 is 5.96 Å². The highest BCUT2D eigenvalue weighted by Gasteiger charge is 2.21. The highest BCUT2D eigenvalue weighted by atomic mass is 16.5. The predicted octanol–water partition coefficient (Wildman–Crippen LogP) is 1.19. The quantitative estimate of drug-likeness (QED) is 0.354. The van der Waals surface area contributed by atoms with Crippen molar-refractivity contribution in [3.8, 4) is 0 Å². The summed E-state index contributed by atoms with van der Waals surface area (Å²) in [6.45, 7) is 12.5. The SMILES string of the molecule is CCNC(=NCCCN1CCOCC1)N1CCC(OCCCOC)CC1. The summed E-state index contributed by atoms with van der Waals surface area (Å²) in [6.07, 6.45) is 4.61. The summed E-state index contributed by atoms with van der Waals surface area (Å²) in [4.78, 5) is 9.70. The molecule has 0 amide bonds. The van der Waals surface area contributed by atoms with E-state index < -0.39 is 0 Å². The second-order valence-electron chi connectivity index (χ2n) is 6.95. The molecule has 0 aromatic heterocycles. The van der Waals surface area contributed by atoms with Gasteiger partial charge in [-0.1, -0.05) is 0 Å². The van der Waals surface area contributed by atoms with Crippen LogP contribution in [-0.4, -0.2) is 101 Å². The minimum Gasteiger partial charge on any atom is -0.385 e. The highest BCUT2D eigenvalue weighted by molar-refractivity contribution is 5.80. The predicted molar refractivity (Wildman–Crippen MR) is 105 cm³/mol. The molecule has 0 aliphatic carbocycles. The van der Waals surface area contributed by atoms with Crippen LogP contribution in [0.5, 0.6) is 0 Å². The minimum atomic E-state index is 0.382. The van der Waals surface area contributed by atoms with Crippen molar-refractivity contribution in [1.82, 2.24) is 15.1 Å². The molecule has 0 aromatic rings. The Morgan fingerprint density at radius 1 is 1.12 bits per heavy atom. The number of aliphatic imine (C=N–C) groups is 1. The zero-order valence-corrected chi connectivity index (χ0v) is 16.8. The number of rotatable bonds is 10. The van der Waals surface area contributed by atoms with Gasteiger partial charge < -0.3 is 24.4 Å². The Morgan fingerprint density at radius 2 is 1.88 bits per heavy atom. The molecule has 0 bridgehead atoms. The molecule has 2 rings (SSSR count). The summed E-state index contributed by atoms with van der Waals surface area (Å²) in [6, 6.07) is 0. The maximum atomic E-state index is 5.96. The number of ether oxygens (including phenoxy) is 3. The normalized spacial score (nSPS) is 20.5. The Kier molecular flexibility index (Phi) is 11.0. The Hall–Kier alpha value is -0.890. The summed E-state index contributed by atoms with van der Waals surface area (Å²) < 4.78 is 16.4. The molecule has 0 unspecified atom stereocenters. The van der Waals surface area contributed by atoms with Gasteiger partial charge in [0.05, 0.1) is 19.3 Å². The third-order valence-corrected chi connectivity index (χ3v) is 4.92. The molecule has 0 aromatic carbocycles. The lowest BCUT2D eigenvalue weighted by molar-refractivity contribution is 0.00989.